The number of aliphatic imine (C=N–C) groups is 1. The summed E-state index contributed by atoms with van der Waals surface area (Å²) < 4.78 is 0. The molecule has 1 fully saturated rings. The van der Waals surface area contributed by atoms with Gasteiger partial charge in [-0.05, 0) is 31.5 Å². The number of benzene rings is 2. The zero-order valence-corrected chi connectivity index (χ0v) is 17.2. The number of hydrogen-bond donors (Lipinski definition) is 0. The van der Waals surface area contributed by atoms with Gasteiger partial charge in [0.2, 0.25) is 5.96 Å². The average Bonchev–Trinajstić information content (AvgIpc) is 3.26. The Morgan fingerprint density at radius 2 is 1.67 bits per heavy atom. The minimum absolute atomic E-state index is 0.221. The fourth-order valence-electron chi connectivity index (χ4n) is 4.27. The normalized spacial score (nSPS) is 22.9. The lowest BCUT2D eigenvalue weighted by Crippen LogP contribution is -2.63. The fourth-order valence-corrected chi connectivity index (χ4v) is 4.27. The molecule has 0 radical (unpaired) electrons. The van der Waals surface area contributed by atoms with Crippen LogP contribution in [0.3, 0.4) is 0 Å². The van der Waals surface area contributed by atoms with E-state index in [4.69, 9.17) is 4.99 Å². The second-order valence-electron chi connectivity index (χ2n) is 7.94. The first-order valence-corrected chi connectivity index (χ1v) is 9.99. The van der Waals surface area contributed by atoms with Gasteiger partial charge in [0.1, 0.15) is 0 Å². The SMILES string of the molecule is CC1=CN2C(=NC3C2C(=O)N(Cc2ccc(C)cc2)C(=O)N3C)N1c1ccccc1. The highest BCUT2D eigenvalue weighted by Gasteiger charge is 2.54. The summed E-state index contributed by atoms with van der Waals surface area (Å²) in [4.78, 5) is 38.1. The van der Waals surface area contributed by atoms with E-state index in [2.05, 4.69) is 0 Å². The zero-order chi connectivity index (χ0) is 21.0. The third kappa shape index (κ3) is 2.69. The van der Waals surface area contributed by atoms with Crippen LogP contribution in [-0.2, 0) is 11.3 Å². The van der Waals surface area contributed by atoms with E-state index in [0.29, 0.717) is 5.96 Å². The summed E-state index contributed by atoms with van der Waals surface area (Å²) in [6, 6.07) is 16.9. The Morgan fingerprint density at radius 1 is 0.967 bits per heavy atom. The van der Waals surface area contributed by atoms with E-state index < -0.39 is 12.2 Å². The molecule has 5 rings (SSSR count). The number of allylic oxidation sites excluding steroid dienone is 1. The third-order valence-corrected chi connectivity index (χ3v) is 5.86. The largest absolute Gasteiger partial charge is 0.328 e. The van der Waals surface area contributed by atoms with Crippen LogP contribution in [0.2, 0.25) is 0 Å². The Bertz CT molecular complexity index is 1080. The third-order valence-electron chi connectivity index (χ3n) is 5.86. The Labute approximate surface area is 175 Å². The number of aryl methyl sites for hydroxylation is 1. The van der Waals surface area contributed by atoms with Gasteiger partial charge in [0.25, 0.3) is 5.91 Å². The van der Waals surface area contributed by atoms with E-state index in [1.807, 2.05) is 84.4 Å². The Kier molecular flexibility index (Phi) is 4.13. The number of imide groups is 1. The highest BCUT2D eigenvalue weighted by Crippen LogP contribution is 2.36. The number of carbonyl (C=O) groups excluding carboxylic acids is 2. The van der Waals surface area contributed by atoms with Crippen molar-refractivity contribution in [1.82, 2.24) is 14.7 Å². The number of likely N-dealkylation sites (N-methyl/N-ethyl adjacent to an activating group) is 1. The number of anilines is 1. The van der Waals surface area contributed by atoms with Gasteiger partial charge in [-0.3, -0.25) is 14.6 Å². The fraction of sp³-hybridized carbons (Fsp3) is 0.261. The van der Waals surface area contributed by atoms with Crippen LogP contribution in [0.15, 0.2) is 71.5 Å². The number of hydrogen-bond acceptors (Lipinski definition) is 5. The van der Waals surface area contributed by atoms with Gasteiger partial charge in [0, 0.05) is 24.6 Å². The van der Waals surface area contributed by atoms with Crippen LogP contribution in [0.4, 0.5) is 10.5 Å². The summed E-state index contributed by atoms with van der Waals surface area (Å²) in [5, 5.41) is 0. The second-order valence-corrected chi connectivity index (χ2v) is 7.94. The molecule has 1 saturated heterocycles. The number of nitrogens with zero attached hydrogens (tertiary/aromatic N) is 5. The van der Waals surface area contributed by atoms with E-state index in [0.717, 1.165) is 22.5 Å². The van der Waals surface area contributed by atoms with Gasteiger partial charge in [-0.1, -0.05) is 48.0 Å². The molecule has 0 aliphatic carbocycles. The Balaban J connectivity index is 1.47. The molecule has 0 aromatic heterocycles. The van der Waals surface area contributed by atoms with Crippen molar-refractivity contribution in [3.63, 3.8) is 0 Å². The van der Waals surface area contributed by atoms with Crippen molar-refractivity contribution in [3.05, 3.63) is 77.6 Å². The highest BCUT2D eigenvalue weighted by molar-refractivity contribution is 6.09. The molecule has 3 heterocycles. The first kappa shape index (κ1) is 18.4. The maximum atomic E-state index is 13.4. The molecule has 7 nitrogen and oxygen atoms in total. The molecule has 152 valence electrons. The molecule has 2 aromatic rings. The molecule has 0 N–H and O–H groups in total. The second kappa shape index (κ2) is 6.73. The van der Waals surface area contributed by atoms with Gasteiger partial charge >= 0.3 is 6.03 Å². The predicted octanol–water partition coefficient (Wildman–Crippen LogP) is 3.14. The lowest BCUT2D eigenvalue weighted by molar-refractivity contribution is -0.137. The molecule has 30 heavy (non-hydrogen) atoms. The topological polar surface area (TPSA) is 59.5 Å². The van der Waals surface area contributed by atoms with Crippen LogP contribution in [0.25, 0.3) is 0 Å². The van der Waals surface area contributed by atoms with E-state index in [1.54, 1.807) is 11.9 Å². The van der Waals surface area contributed by atoms with Crippen molar-refractivity contribution in [1.29, 1.82) is 0 Å². The maximum absolute atomic E-state index is 13.4. The molecule has 2 unspecified atom stereocenters. The summed E-state index contributed by atoms with van der Waals surface area (Å²) in [5.74, 6) is 0.459. The molecule has 7 heteroatoms. The molecule has 0 bridgehead atoms. The summed E-state index contributed by atoms with van der Waals surface area (Å²) in [7, 11) is 1.71. The average molecular weight is 401 g/mol. The van der Waals surface area contributed by atoms with Crippen LogP contribution in [-0.4, -0.2) is 51.9 Å². The van der Waals surface area contributed by atoms with Gasteiger partial charge in [-0.25, -0.2) is 9.79 Å². The molecule has 0 saturated carbocycles. The lowest BCUT2D eigenvalue weighted by Gasteiger charge is -2.40. The minimum Gasteiger partial charge on any atom is -0.302 e. The van der Waals surface area contributed by atoms with E-state index >= 15 is 0 Å². The number of fused-ring (bicyclic) bond motifs is 3. The van der Waals surface area contributed by atoms with E-state index in [1.165, 1.54) is 4.90 Å². The van der Waals surface area contributed by atoms with Crippen molar-refractivity contribution in [3.8, 4) is 0 Å². The van der Waals surface area contributed by atoms with Gasteiger partial charge in [0.05, 0.1) is 6.54 Å². The highest BCUT2D eigenvalue weighted by atomic mass is 16.2. The number of carbonyl (C=O) groups is 2. The molecule has 0 spiro atoms. The first-order valence-electron chi connectivity index (χ1n) is 9.99. The van der Waals surface area contributed by atoms with Gasteiger partial charge in [-0.15, -0.1) is 0 Å². The van der Waals surface area contributed by atoms with Crippen LogP contribution >= 0.6 is 0 Å². The van der Waals surface area contributed by atoms with Crippen molar-refractivity contribution in [2.24, 2.45) is 4.99 Å². The van der Waals surface area contributed by atoms with Crippen LogP contribution in [0.5, 0.6) is 0 Å². The molecule has 3 aliphatic rings. The van der Waals surface area contributed by atoms with Crippen molar-refractivity contribution < 1.29 is 9.59 Å². The van der Waals surface area contributed by atoms with Crippen LogP contribution in [0.1, 0.15) is 18.1 Å². The molecule has 2 aromatic carbocycles. The van der Waals surface area contributed by atoms with E-state index in [9.17, 15) is 9.59 Å². The van der Waals surface area contributed by atoms with Crippen LogP contribution < -0.4 is 4.90 Å². The summed E-state index contributed by atoms with van der Waals surface area (Å²) >= 11 is 0. The molecule has 2 atom stereocenters. The summed E-state index contributed by atoms with van der Waals surface area (Å²) in [5.41, 5.74) is 4.02. The Morgan fingerprint density at radius 3 is 2.37 bits per heavy atom. The minimum atomic E-state index is -0.559. The summed E-state index contributed by atoms with van der Waals surface area (Å²) in [6.45, 7) is 4.26. The van der Waals surface area contributed by atoms with Crippen molar-refractivity contribution >= 4 is 23.6 Å². The molecule has 3 amide bonds. The predicted molar refractivity (Wildman–Crippen MR) is 114 cm³/mol. The number of guanidine groups is 1. The summed E-state index contributed by atoms with van der Waals surface area (Å²) in [6.07, 6.45) is 1.41. The standard InChI is InChI=1S/C23H23N5O2/c1-15-9-11-17(12-10-15)14-27-21(29)19-20(25(3)23(27)30)24-22-26(19)13-16(2)28(22)18-7-5-4-6-8-18/h4-13,19-20H,14H2,1-3H3. The zero-order valence-electron chi connectivity index (χ0n) is 17.2. The number of amides is 3. The smallest absolute Gasteiger partial charge is 0.302 e. The lowest BCUT2D eigenvalue weighted by atomic mass is 10.1. The van der Waals surface area contributed by atoms with Crippen molar-refractivity contribution in [2.45, 2.75) is 32.6 Å². The van der Waals surface area contributed by atoms with E-state index in [-0.39, 0.29) is 18.5 Å². The van der Waals surface area contributed by atoms with Gasteiger partial charge in [0.15, 0.2) is 12.2 Å². The van der Waals surface area contributed by atoms with Crippen molar-refractivity contribution in [2.75, 3.05) is 11.9 Å². The quantitative estimate of drug-likeness (QED) is 0.793. The van der Waals surface area contributed by atoms with Crippen LogP contribution in [0, 0.1) is 6.92 Å². The number of urea groups is 1. The number of para-hydroxylation sites is 1. The molecule has 3 aliphatic heterocycles. The van der Waals surface area contributed by atoms with Gasteiger partial charge in [-0.2, -0.15) is 0 Å². The molecular formula is C23H23N5O2. The number of rotatable bonds is 3. The molecular weight excluding hydrogens is 378 g/mol. The first-order chi connectivity index (χ1) is 14.5. The van der Waals surface area contributed by atoms with Gasteiger partial charge < -0.3 is 9.80 Å². The maximum Gasteiger partial charge on any atom is 0.328 e. The Hall–Kier alpha value is -3.61. The monoisotopic (exact) mass is 401 g/mol.